The van der Waals surface area contributed by atoms with Gasteiger partial charge in [-0.15, -0.1) is 11.6 Å². The number of primary amides is 1. The summed E-state index contributed by atoms with van der Waals surface area (Å²) >= 11 is 5.89. The Balaban J connectivity index is 3.11. The van der Waals surface area contributed by atoms with Crippen LogP contribution in [-0.4, -0.2) is 16.6 Å². The average molecular weight is 239 g/mol. The maximum Gasteiger partial charge on any atom is 0.266 e. The van der Waals surface area contributed by atoms with E-state index in [1.54, 1.807) is 24.3 Å². The molecule has 0 saturated carbocycles. The van der Waals surface area contributed by atoms with Crippen LogP contribution in [-0.2, 0) is 4.79 Å². The number of alkyl halides is 1. The summed E-state index contributed by atoms with van der Waals surface area (Å²) in [6, 6.07) is 8.25. The van der Waals surface area contributed by atoms with Crippen LogP contribution in [0.15, 0.2) is 24.3 Å². The molecule has 0 aliphatic rings. The molecule has 5 heteroatoms. The van der Waals surface area contributed by atoms with Crippen molar-refractivity contribution in [3.63, 3.8) is 0 Å². The summed E-state index contributed by atoms with van der Waals surface area (Å²) in [6.07, 6.45) is 0. The van der Waals surface area contributed by atoms with Gasteiger partial charge in [0.1, 0.15) is 11.4 Å². The van der Waals surface area contributed by atoms with Crippen molar-refractivity contribution in [2.45, 2.75) is 17.9 Å². The number of nitrogens with two attached hydrogens (primary N) is 1. The van der Waals surface area contributed by atoms with Crippen LogP contribution in [0.3, 0.4) is 0 Å². The van der Waals surface area contributed by atoms with E-state index in [0.29, 0.717) is 5.56 Å². The molecule has 16 heavy (non-hydrogen) atoms. The van der Waals surface area contributed by atoms with Gasteiger partial charge in [-0.2, -0.15) is 5.26 Å². The van der Waals surface area contributed by atoms with Gasteiger partial charge in [0, 0.05) is 0 Å². The summed E-state index contributed by atoms with van der Waals surface area (Å²) in [7, 11) is 0. The second kappa shape index (κ2) is 4.52. The lowest BCUT2D eigenvalue weighted by atomic mass is 9.94. The van der Waals surface area contributed by atoms with Gasteiger partial charge < -0.3 is 10.8 Å². The number of rotatable bonds is 3. The third-order valence-corrected chi connectivity index (χ3v) is 2.85. The number of nitrogens with zero attached hydrogens (tertiary/aromatic N) is 1. The number of hydrogen-bond donors (Lipinski definition) is 2. The lowest BCUT2D eigenvalue weighted by molar-refractivity contribution is -0.131. The standard InChI is InChI=1S/C11H11ClN2O2/c1-7-2-4-8(5-3-7)9(12)11(16,6-13)10(14)15/h2-5,9,16H,1H3,(H2,14,15)/t9-,11-/m1/s1. The monoisotopic (exact) mass is 238 g/mol. The average Bonchev–Trinajstić information content (AvgIpc) is 2.27. The van der Waals surface area contributed by atoms with Crippen molar-refractivity contribution >= 4 is 17.5 Å². The molecule has 84 valence electrons. The van der Waals surface area contributed by atoms with Crippen molar-refractivity contribution in [2.24, 2.45) is 5.73 Å². The first-order chi connectivity index (χ1) is 7.41. The van der Waals surface area contributed by atoms with E-state index in [1.165, 1.54) is 6.07 Å². The number of benzene rings is 1. The Labute approximate surface area is 98.2 Å². The Bertz CT molecular complexity index is 438. The van der Waals surface area contributed by atoms with E-state index in [2.05, 4.69) is 0 Å². The molecule has 0 aliphatic heterocycles. The Morgan fingerprint density at radius 3 is 2.44 bits per heavy atom. The number of hydrogen-bond acceptors (Lipinski definition) is 3. The topological polar surface area (TPSA) is 87.1 Å². The minimum atomic E-state index is -2.39. The van der Waals surface area contributed by atoms with Gasteiger partial charge in [-0.25, -0.2) is 0 Å². The van der Waals surface area contributed by atoms with Crippen molar-refractivity contribution in [1.29, 1.82) is 5.26 Å². The third kappa shape index (κ3) is 2.16. The minimum absolute atomic E-state index is 0.468. The van der Waals surface area contributed by atoms with Crippen LogP contribution in [0.2, 0.25) is 0 Å². The zero-order valence-corrected chi connectivity index (χ0v) is 9.40. The molecule has 0 aliphatic carbocycles. The first-order valence-electron chi connectivity index (χ1n) is 4.56. The Kier molecular flexibility index (Phi) is 3.53. The van der Waals surface area contributed by atoms with Crippen molar-refractivity contribution in [3.05, 3.63) is 35.4 Å². The van der Waals surface area contributed by atoms with Crippen molar-refractivity contribution in [3.8, 4) is 6.07 Å². The molecule has 0 radical (unpaired) electrons. The maximum atomic E-state index is 11.0. The molecule has 0 bridgehead atoms. The molecule has 0 fully saturated rings. The first-order valence-corrected chi connectivity index (χ1v) is 4.99. The molecule has 0 aromatic heterocycles. The maximum absolute atomic E-state index is 11.0. The molecule has 0 saturated heterocycles. The molecule has 1 rings (SSSR count). The second-order valence-corrected chi connectivity index (χ2v) is 3.95. The van der Waals surface area contributed by atoms with Gasteiger partial charge in [-0.3, -0.25) is 4.79 Å². The normalized spacial score (nSPS) is 15.9. The molecular formula is C11H11ClN2O2. The molecule has 0 spiro atoms. The van der Waals surface area contributed by atoms with Crippen LogP contribution in [0.25, 0.3) is 0 Å². The number of carbonyl (C=O) groups excluding carboxylic acids is 1. The van der Waals surface area contributed by atoms with E-state index in [-0.39, 0.29) is 0 Å². The summed E-state index contributed by atoms with van der Waals surface area (Å²) in [5.74, 6) is -1.16. The third-order valence-electron chi connectivity index (χ3n) is 2.28. The molecular weight excluding hydrogens is 228 g/mol. The van der Waals surface area contributed by atoms with Crippen LogP contribution < -0.4 is 5.73 Å². The number of aliphatic hydroxyl groups is 1. The summed E-state index contributed by atoms with van der Waals surface area (Å²) in [5, 5.41) is 17.3. The van der Waals surface area contributed by atoms with Gasteiger partial charge in [-0.1, -0.05) is 29.8 Å². The molecule has 2 atom stereocenters. The van der Waals surface area contributed by atoms with E-state index in [0.717, 1.165) is 5.56 Å². The first kappa shape index (κ1) is 12.5. The van der Waals surface area contributed by atoms with E-state index < -0.39 is 16.9 Å². The SMILES string of the molecule is Cc1ccc([C@@H](Cl)[C@](O)(C#N)C(N)=O)cc1. The van der Waals surface area contributed by atoms with Crippen molar-refractivity contribution < 1.29 is 9.90 Å². The highest BCUT2D eigenvalue weighted by molar-refractivity contribution is 6.24. The molecule has 0 heterocycles. The summed E-state index contributed by atoms with van der Waals surface area (Å²) < 4.78 is 0. The van der Waals surface area contributed by atoms with Crippen LogP contribution in [0.1, 0.15) is 16.5 Å². The van der Waals surface area contributed by atoms with E-state index in [4.69, 9.17) is 22.6 Å². The van der Waals surface area contributed by atoms with Crippen molar-refractivity contribution in [1.82, 2.24) is 0 Å². The van der Waals surface area contributed by atoms with Gasteiger partial charge in [0.2, 0.25) is 0 Å². The zero-order chi connectivity index (χ0) is 12.3. The summed E-state index contributed by atoms with van der Waals surface area (Å²) in [5.41, 5.74) is 4.04. The lowest BCUT2D eigenvalue weighted by Gasteiger charge is -2.22. The van der Waals surface area contributed by atoms with Crippen LogP contribution in [0, 0.1) is 18.3 Å². The lowest BCUT2D eigenvalue weighted by Crippen LogP contribution is -2.45. The largest absolute Gasteiger partial charge is 0.366 e. The molecule has 1 aromatic rings. The van der Waals surface area contributed by atoms with Crippen LogP contribution in [0.4, 0.5) is 0 Å². The molecule has 1 aromatic carbocycles. The predicted octanol–water partition coefficient (Wildman–Crippen LogP) is 1.01. The van der Waals surface area contributed by atoms with Gasteiger partial charge in [0.05, 0.1) is 0 Å². The predicted molar refractivity (Wildman–Crippen MR) is 59.5 cm³/mol. The molecule has 1 amide bonds. The number of amides is 1. The number of nitriles is 1. The molecule has 0 unspecified atom stereocenters. The highest BCUT2D eigenvalue weighted by Crippen LogP contribution is 2.32. The molecule has 4 nitrogen and oxygen atoms in total. The van der Waals surface area contributed by atoms with Gasteiger partial charge in [-0.05, 0) is 12.5 Å². The van der Waals surface area contributed by atoms with Gasteiger partial charge >= 0.3 is 0 Å². The fraction of sp³-hybridized carbons (Fsp3) is 0.273. The molecule has 3 N–H and O–H groups in total. The Morgan fingerprint density at radius 1 is 1.56 bits per heavy atom. The van der Waals surface area contributed by atoms with Crippen LogP contribution >= 0.6 is 11.6 Å². The Morgan fingerprint density at radius 2 is 2.06 bits per heavy atom. The second-order valence-electron chi connectivity index (χ2n) is 3.52. The van der Waals surface area contributed by atoms with E-state index >= 15 is 0 Å². The summed E-state index contributed by atoms with van der Waals surface area (Å²) in [6.45, 7) is 1.89. The number of aryl methyl sites for hydroxylation is 1. The van der Waals surface area contributed by atoms with Crippen LogP contribution in [0.5, 0.6) is 0 Å². The van der Waals surface area contributed by atoms with E-state index in [9.17, 15) is 9.90 Å². The fourth-order valence-electron chi connectivity index (χ4n) is 1.21. The Hall–Kier alpha value is -1.57. The zero-order valence-electron chi connectivity index (χ0n) is 8.64. The van der Waals surface area contributed by atoms with Gasteiger partial charge in [0.25, 0.3) is 11.5 Å². The number of halogens is 1. The highest BCUT2D eigenvalue weighted by Gasteiger charge is 2.43. The fourth-order valence-corrected chi connectivity index (χ4v) is 1.52. The highest BCUT2D eigenvalue weighted by atomic mass is 35.5. The quantitative estimate of drug-likeness (QED) is 0.609. The smallest absolute Gasteiger partial charge is 0.266 e. The summed E-state index contributed by atoms with van der Waals surface area (Å²) in [4.78, 5) is 11.0. The van der Waals surface area contributed by atoms with Gasteiger partial charge in [0.15, 0.2) is 0 Å². The minimum Gasteiger partial charge on any atom is -0.366 e. The van der Waals surface area contributed by atoms with Crippen molar-refractivity contribution in [2.75, 3.05) is 0 Å². The van der Waals surface area contributed by atoms with E-state index in [1.807, 2.05) is 6.92 Å². The number of carbonyl (C=O) groups is 1.